The maximum atomic E-state index is 12.8. The van der Waals surface area contributed by atoms with Gasteiger partial charge in [-0.05, 0) is 31.4 Å². The minimum atomic E-state index is 0.0170. The summed E-state index contributed by atoms with van der Waals surface area (Å²) in [6.45, 7) is 5.84. The van der Waals surface area contributed by atoms with E-state index in [1.807, 2.05) is 11.0 Å². The van der Waals surface area contributed by atoms with Crippen molar-refractivity contribution in [2.24, 2.45) is 5.92 Å². The average molecular weight is 328 g/mol. The number of piperazine rings is 1. The Balaban J connectivity index is 1.58. The molecule has 2 atom stereocenters. The van der Waals surface area contributed by atoms with Gasteiger partial charge in [-0.1, -0.05) is 6.92 Å². The Morgan fingerprint density at radius 2 is 2.17 bits per heavy atom. The Bertz CT molecular complexity index is 602. The van der Waals surface area contributed by atoms with E-state index >= 15 is 0 Å². The summed E-state index contributed by atoms with van der Waals surface area (Å²) in [5, 5.41) is 8.84. The van der Waals surface area contributed by atoms with Gasteiger partial charge in [0.25, 0.3) is 0 Å². The third kappa shape index (κ3) is 3.51. The first-order valence-corrected chi connectivity index (χ1v) is 8.74. The van der Waals surface area contributed by atoms with Gasteiger partial charge >= 0.3 is 0 Å². The van der Waals surface area contributed by atoms with Gasteiger partial charge in [-0.3, -0.25) is 4.79 Å². The molecule has 0 spiro atoms. The summed E-state index contributed by atoms with van der Waals surface area (Å²) in [5.74, 6) is 1.13. The van der Waals surface area contributed by atoms with Crippen LogP contribution in [0.2, 0.25) is 0 Å². The van der Waals surface area contributed by atoms with Crippen LogP contribution < -0.4 is 4.90 Å². The third-order valence-electron chi connectivity index (χ3n) is 4.95. The number of hydrogen-bond donors (Lipinski definition) is 0. The van der Waals surface area contributed by atoms with Crippen LogP contribution in [0.5, 0.6) is 0 Å². The van der Waals surface area contributed by atoms with Gasteiger partial charge in [0.1, 0.15) is 11.9 Å². The number of nitriles is 1. The quantitative estimate of drug-likeness (QED) is 0.846. The smallest absolute Gasteiger partial charge is 0.228 e. The van der Waals surface area contributed by atoms with Gasteiger partial charge in [0.2, 0.25) is 5.91 Å². The summed E-state index contributed by atoms with van der Waals surface area (Å²) >= 11 is 0. The second-order valence-electron chi connectivity index (χ2n) is 6.40. The van der Waals surface area contributed by atoms with Crippen LogP contribution in [-0.4, -0.2) is 54.7 Å². The molecule has 24 heavy (non-hydrogen) atoms. The first-order valence-electron chi connectivity index (χ1n) is 8.74. The molecule has 128 valence electrons. The van der Waals surface area contributed by atoms with Crippen LogP contribution in [0.3, 0.4) is 0 Å². The molecule has 2 aliphatic heterocycles. The SMILES string of the molecule is CCC1OCCCC1C(=O)N1CCN(c2ccc(C#N)cn2)CC1. The number of ether oxygens (including phenoxy) is 1. The Morgan fingerprint density at radius 1 is 1.38 bits per heavy atom. The zero-order valence-corrected chi connectivity index (χ0v) is 14.1. The maximum Gasteiger partial charge on any atom is 0.228 e. The average Bonchev–Trinajstić information content (AvgIpc) is 2.67. The number of amides is 1. The number of pyridine rings is 1. The number of nitrogens with zero attached hydrogens (tertiary/aromatic N) is 4. The molecule has 0 aromatic carbocycles. The molecule has 0 saturated carbocycles. The van der Waals surface area contributed by atoms with Gasteiger partial charge in [-0.2, -0.15) is 5.26 Å². The zero-order chi connectivity index (χ0) is 16.9. The molecular weight excluding hydrogens is 304 g/mol. The fourth-order valence-electron chi connectivity index (χ4n) is 3.55. The second kappa shape index (κ2) is 7.63. The van der Waals surface area contributed by atoms with Crippen molar-refractivity contribution in [1.82, 2.24) is 9.88 Å². The van der Waals surface area contributed by atoms with E-state index in [0.29, 0.717) is 18.7 Å². The molecule has 1 aromatic rings. The summed E-state index contributed by atoms with van der Waals surface area (Å²) in [6.07, 6.45) is 4.48. The predicted molar refractivity (Wildman–Crippen MR) is 90.5 cm³/mol. The molecule has 1 aromatic heterocycles. The van der Waals surface area contributed by atoms with Crippen LogP contribution >= 0.6 is 0 Å². The Labute approximate surface area is 143 Å². The summed E-state index contributed by atoms with van der Waals surface area (Å²) < 4.78 is 5.77. The minimum Gasteiger partial charge on any atom is -0.377 e. The van der Waals surface area contributed by atoms with E-state index in [1.165, 1.54) is 0 Å². The number of carbonyl (C=O) groups excluding carboxylic acids is 1. The lowest BCUT2D eigenvalue weighted by atomic mass is 9.91. The summed E-state index contributed by atoms with van der Waals surface area (Å²) in [7, 11) is 0. The normalized spacial score (nSPS) is 24.5. The highest BCUT2D eigenvalue weighted by Gasteiger charge is 2.34. The van der Waals surface area contributed by atoms with E-state index in [2.05, 4.69) is 22.9 Å². The molecule has 2 fully saturated rings. The van der Waals surface area contributed by atoms with Gasteiger partial charge in [-0.25, -0.2) is 4.98 Å². The predicted octanol–water partition coefficient (Wildman–Crippen LogP) is 1.81. The number of hydrogen-bond acceptors (Lipinski definition) is 5. The lowest BCUT2D eigenvalue weighted by Gasteiger charge is -2.39. The van der Waals surface area contributed by atoms with Crippen molar-refractivity contribution in [3.8, 4) is 6.07 Å². The maximum absolute atomic E-state index is 12.8. The standard InChI is InChI=1S/C18H24N4O2/c1-2-16-15(4-3-11-24-16)18(23)22-9-7-21(8-10-22)17-6-5-14(12-19)13-20-17/h5-6,13,15-16H,2-4,7-11H2,1H3. The van der Waals surface area contributed by atoms with Crippen molar-refractivity contribution in [3.05, 3.63) is 23.9 Å². The topological polar surface area (TPSA) is 69.5 Å². The van der Waals surface area contributed by atoms with Crippen LogP contribution in [0.15, 0.2) is 18.3 Å². The Hall–Kier alpha value is -2.13. The van der Waals surface area contributed by atoms with Gasteiger partial charge in [0.05, 0.1) is 17.6 Å². The number of carbonyl (C=O) groups is 1. The van der Waals surface area contributed by atoms with E-state index in [1.54, 1.807) is 12.3 Å². The fourth-order valence-corrected chi connectivity index (χ4v) is 3.55. The molecule has 3 rings (SSSR count). The highest BCUT2D eigenvalue weighted by Crippen LogP contribution is 2.26. The van der Waals surface area contributed by atoms with Gasteiger partial charge in [0, 0.05) is 39.0 Å². The Morgan fingerprint density at radius 3 is 2.79 bits per heavy atom. The van der Waals surface area contributed by atoms with Crippen molar-refractivity contribution in [2.45, 2.75) is 32.3 Å². The number of rotatable bonds is 3. The molecule has 1 amide bonds. The fraction of sp³-hybridized carbons (Fsp3) is 0.611. The molecule has 2 unspecified atom stereocenters. The first kappa shape index (κ1) is 16.7. The van der Waals surface area contributed by atoms with Gasteiger partial charge in [0.15, 0.2) is 0 Å². The van der Waals surface area contributed by atoms with E-state index in [4.69, 9.17) is 10.00 Å². The minimum absolute atomic E-state index is 0.0170. The van der Waals surface area contributed by atoms with Crippen molar-refractivity contribution >= 4 is 11.7 Å². The van der Waals surface area contributed by atoms with E-state index in [0.717, 1.165) is 44.8 Å². The third-order valence-corrected chi connectivity index (χ3v) is 4.95. The van der Waals surface area contributed by atoms with Crippen LogP contribution in [-0.2, 0) is 9.53 Å². The molecule has 0 bridgehead atoms. The highest BCUT2D eigenvalue weighted by molar-refractivity contribution is 5.79. The largest absolute Gasteiger partial charge is 0.377 e. The van der Waals surface area contributed by atoms with Gasteiger partial charge < -0.3 is 14.5 Å². The second-order valence-corrected chi connectivity index (χ2v) is 6.40. The molecule has 2 saturated heterocycles. The zero-order valence-electron chi connectivity index (χ0n) is 14.1. The van der Waals surface area contributed by atoms with Crippen LogP contribution in [0.1, 0.15) is 31.7 Å². The van der Waals surface area contributed by atoms with Crippen molar-refractivity contribution in [3.63, 3.8) is 0 Å². The molecule has 6 nitrogen and oxygen atoms in total. The van der Waals surface area contributed by atoms with Crippen molar-refractivity contribution in [1.29, 1.82) is 5.26 Å². The molecule has 0 aliphatic carbocycles. The lowest BCUT2D eigenvalue weighted by molar-refractivity contribution is -0.145. The molecule has 3 heterocycles. The van der Waals surface area contributed by atoms with Crippen molar-refractivity contribution < 1.29 is 9.53 Å². The first-order chi connectivity index (χ1) is 11.7. The van der Waals surface area contributed by atoms with E-state index < -0.39 is 0 Å². The van der Waals surface area contributed by atoms with Crippen LogP contribution in [0.25, 0.3) is 0 Å². The molecule has 0 N–H and O–H groups in total. The van der Waals surface area contributed by atoms with Gasteiger partial charge in [-0.15, -0.1) is 0 Å². The molecule has 0 radical (unpaired) electrons. The van der Waals surface area contributed by atoms with E-state index in [9.17, 15) is 4.79 Å². The molecular formula is C18H24N4O2. The highest BCUT2D eigenvalue weighted by atomic mass is 16.5. The van der Waals surface area contributed by atoms with Crippen LogP contribution in [0, 0.1) is 17.2 Å². The summed E-state index contributed by atoms with van der Waals surface area (Å²) in [4.78, 5) is 21.3. The van der Waals surface area contributed by atoms with Crippen molar-refractivity contribution in [2.75, 3.05) is 37.7 Å². The number of aromatic nitrogens is 1. The Kier molecular flexibility index (Phi) is 5.31. The summed E-state index contributed by atoms with van der Waals surface area (Å²) in [6, 6.07) is 5.74. The molecule has 6 heteroatoms. The monoisotopic (exact) mass is 328 g/mol. The lowest BCUT2D eigenvalue weighted by Crippen LogP contribution is -2.52. The van der Waals surface area contributed by atoms with E-state index in [-0.39, 0.29) is 17.9 Å². The molecule has 2 aliphatic rings. The summed E-state index contributed by atoms with van der Waals surface area (Å²) in [5.41, 5.74) is 0.565. The van der Waals surface area contributed by atoms with Crippen LogP contribution in [0.4, 0.5) is 5.82 Å². The number of anilines is 1.